The molecule has 0 bridgehead atoms. The van der Waals surface area contributed by atoms with Crippen LogP contribution in [-0.4, -0.2) is 118 Å². The number of hydrogen-bond donors (Lipinski definition) is 11. The van der Waals surface area contributed by atoms with Crippen molar-refractivity contribution in [2.24, 2.45) is 39.8 Å². The minimum absolute atomic E-state index is 0.0665. The van der Waals surface area contributed by atoms with Crippen molar-refractivity contribution >= 4 is 47.4 Å². The topological polar surface area (TPSA) is 348 Å². The first-order chi connectivity index (χ1) is 22.6. The van der Waals surface area contributed by atoms with Gasteiger partial charge in [-0.15, -0.1) is 0 Å². The summed E-state index contributed by atoms with van der Waals surface area (Å²) in [6.45, 7) is 9.84. The Hall–Kier alpha value is -4.82. The average molecular weight is 701 g/mol. The van der Waals surface area contributed by atoms with E-state index >= 15 is 0 Å². The van der Waals surface area contributed by atoms with Gasteiger partial charge in [-0.25, -0.2) is 0 Å². The standard InChI is InChI=1S/C29H52N10O10/c1-13(2)12-19(37-24(43)15(4)35-25(44)16(5)39(6)20(40)10-9-17(30)27(46)47)26(45)38-21(28(48)49)14(3)23(42)36-18(22(31)41)8-7-11-34-29(32)33/h13-15,17-19,21,26,38,45H,5,7-12,30H2,1-4,6H3,(H2,31,41)(H,35,44)(H,36,42)(H,37,43)(H,46,47)(H,48,49)(H4,32,33,34)/t14-,15+,17+,18-,19-,21+,26-/m0/s1. The lowest BCUT2D eigenvalue weighted by Crippen LogP contribution is -2.60. The van der Waals surface area contributed by atoms with Gasteiger partial charge in [-0.2, -0.15) is 0 Å². The maximum atomic E-state index is 13.0. The van der Waals surface area contributed by atoms with Gasteiger partial charge in [0, 0.05) is 20.0 Å². The molecule has 0 aromatic heterocycles. The Labute approximate surface area is 284 Å². The predicted molar refractivity (Wildman–Crippen MR) is 177 cm³/mol. The van der Waals surface area contributed by atoms with Crippen LogP contribution in [0.4, 0.5) is 0 Å². The van der Waals surface area contributed by atoms with Gasteiger partial charge in [0.15, 0.2) is 5.96 Å². The molecule has 0 aliphatic heterocycles. The molecule has 0 aliphatic carbocycles. The number of rotatable bonds is 23. The summed E-state index contributed by atoms with van der Waals surface area (Å²) in [5.74, 6) is -8.46. The number of primary amides is 1. The molecule has 0 aromatic rings. The van der Waals surface area contributed by atoms with Crippen LogP contribution in [0.25, 0.3) is 0 Å². The Morgan fingerprint density at radius 3 is 1.96 bits per heavy atom. The third kappa shape index (κ3) is 16.2. The van der Waals surface area contributed by atoms with Crippen molar-refractivity contribution in [2.75, 3.05) is 13.6 Å². The molecular weight excluding hydrogens is 648 g/mol. The average Bonchev–Trinajstić information content (AvgIpc) is 3.00. The lowest BCUT2D eigenvalue weighted by atomic mass is 9.97. The van der Waals surface area contributed by atoms with Crippen LogP contribution >= 0.6 is 0 Å². The predicted octanol–water partition coefficient (Wildman–Crippen LogP) is -3.79. The zero-order chi connectivity index (χ0) is 38.2. The highest BCUT2D eigenvalue weighted by Gasteiger charge is 2.36. The van der Waals surface area contributed by atoms with Crippen molar-refractivity contribution in [3.63, 3.8) is 0 Å². The first kappa shape index (κ1) is 44.2. The number of carboxylic acid groups (broad SMARTS) is 2. The van der Waals surface area contributed by atoms with Gasteiger partial charge in [-0.05, 0) is 38.5 Å². The molecule has 0 saturated heterocycles. The van der Waals surface area contributed by atoms with E-state index in [0.29, 0.717) is 0 Å². The van der Waals surface area contributed by atoms with Gasteiger partial charge in [-0.3, -0.25) is 43.9 Å². The quantitative estimate of drug-likeness (QED) is 0.0160. The number of aliphatic hydroxyl groups excluding tert-OH is 1. The third-order valence-electron chi connectivity index (χ3n) is 7.34. The molecule has 15 N–H and O–H groups in total. The molecule has 20 nitrogen and oxygen atoms in total. The van der Waals surface area contributed by atoms with Crippen LogP contribution in [0.5, 0.6) is 0 Å². The number of amides is 5. The van der Waals surface area contributed by atoms with E-state index in [2.05, 4.69) is 32.8 Å². The SMILES string of the molecule is C=C(C(=O)N[C@H](C)C(=O)N[C@@H](CC(C)C)[C@H](O)N[C@@H](C(=O)O)[C@H](C)C(=O)N[C@@H](CCCN=C(N)N)C(N)=O)N(C)C(=O)CC[C@@H](N)C(=O)O. The molecule has 0 radical (unpaired) electrons. The Morgan fingerprint density at radius 1 is 0.878 bits per heavy atom. The van der Waals surface area contributed by atoms with Crippen LogP contribution in [-0.2, 0) is 33.6 Å². The number of hydrogen-bond acceptors (Lipinski definition) is 11. The number of aliphatic hydroxyl groups is 1. The second-order valence-corrected chi connectivity index (χ2v) is 12.0. The summed E-state index contributed by atoms with van der Waals surface area (Å²) in [6.07, 6.45) is -1.68. The van der Waals surface area contributed by atoms with Gasteiger partial charge in [-0.1, -0.05) is 27.4 Å². The van der Waals surface area contributed by atoms with E-state index < -0.39 is 83.8 Å². The summed E-state index contributed by atoms with van der Waals surface area (Å²) in [4.78, 5) is 90.7. The fourth-order valence-corrected chi connectivity index (χ4v) is 4.27. The van der Waals surface area contributed by atoms with Crippen LogP contribution in [0, 0.1) is 11.8 Å². The van der Waals surface area contributed by atoms with Gasteiger partial charge in [0.2, 0.25) is 23.6 Å². The van der Waals surface area contributed by atoms with Crippen LogP contribution in [0.1, 0.15) is 59.8 Å². The lowest BCUT2D eigenvalue weighted by molar-refractivity contribution is -0.146. The van der Waals surface area contributed by atoms with E-state index in [4.69, 9.17) is 28.0 Å². The lowest BCUT2D eigenvalue weighted by Gasteiger charge is -2.31. The first-order valence-electron chi connectivity index (χ1n) is 15.5. The van der Waals surface area contributed by atoms with E-state index in [0.717, 1.165) is 4.90 Å². The van der Waals surface area contributed by atoms with Crippen LogP contribution in [0.3, 0.4) is 0 Å². The van der Waals surface area contributed by atoms with E-state index in [1.54, 1.807) is 13.8 Å². The summed E-state index contributed by atoms with van der Waals surface area (Å²) in [7, 11) is 1.24. The Balaban J connectivity index is 5.55. The zero-order valence-corrected chi connectivity index (χ0v) is 28.5. The molecule has 0 aliphatic rings. The second-order valence-electron chi connectivity index (χ2n) is 12.0. The van der Waals surface area contributed by atoms with Crippen molar-refractivity contribution < 1.29 is 48.9 Å². The third-order valence-corrected chi connectivity index (χ3v) is 7.34. The Kier molecular flexibility index (Phi) is 19.1. The highest BCUT2D eigenvalue weighted by molar-refractivity contribution is 5.99. The number of nitrogens with two attached hydrogens (primary N) is 4. The number of carbonyl (C=O) groups is 7. The van der Waals surface area contributed by atoms with Crippen LogP contribution in [0.15, 0.2) is 17.3 Å². The van der Waals surface area contributed by atoms with Crippen molar-refractivity contribution in [3.05, 3.63) is 12.3 Å². The Morgan fingerprint density at radius 2 is 1.47 bits per heavy atom. The molecule has 0 saturated carbocycles. The highest BCUT2D eigenvalue weighted by Crippen LogP contribution is 2.13. The summed E-state index contributed by atoms with van der Waals surface area (Å²) in [6, 6.07) is -6.45. The maximum Gasteiger partial charge on any atom is 0.321 e. The molecule has 5 amide bonds. The van der Waals surface area contributed by atoms with Gasteiger partial charge in [0.05, 0.1) is 12.0 Å². The molecule has 20 heteroatoms. The summed E-state index contributed by atoms with van der Waals surface area (Å²) in [5.41, 5.74) is 21.0. The van der Waals surface area contributed by atoms with Gasteiger partial charge in [0.25, 0.3) is 5.91 Å². The highest BCUT2D eigenvalue weighted by atomic mass is 16.4. The van der Waals surface area contributed by atoms with Crippen LogP contribution < -0.4 is 44.2 Å². The summed E-state index contributed by atoms with van der Waals surface area (Å²) in [5, 5.41) is 39.5. The maximum absolute atomic E-state index is 13.0. The van der Waals surface area contributed by atoms with Crippen molar-refractivity contribution in [2.45, 2.75) is 96.2 Å². The van der Waals surface area contributed by atoms with Gasteiger partial charge >= 0.3 is 11.9 Å². The van der Waals surface area contributed by atoms with E-state index in [-0.39, 0.29) is 56.2 Å². The fourth-order valence-electron chi connectivity index (χ4n) is 4.27. The molecule has 49 heavy (non-hydrogen) atoms. The monoisotopic (exact) mass is 700 g/mol. The number of nitrogens with zero attached hydrogens (tertiary/aromatic N) is 2. The minimum atomic E-state index is -1.70. The van der Waals surface area contributed by atoms with Crippen molar-refractivity contribution in [3.8, 4) is 0 Å². The molecule has 7 atom stereocenters. The molecule has 0 rings (SSSR count). The fraction of sp³-hybridized carbons (Fsp3) is 0.655. The number of nitrogens with one attached hydrogen (secondary N) is 4. The van der Waals surface area contributed by atoms with Crippen LogP contribution in [0.2, 0.25) is 0 Å². The summed E-state index contributed by atoms with van der Waals surface area (Å²) >= 11 is 0. The smallest absolute Gasteiger partial charge is 0.321 e. The number of aliphatic carboxylic acids is 2. The molecule has 0 unspecified atom stereocenters. The zero-order valence-electron chi connectivity index (χ0n) is 28.5. The van der Waals surface area contributed by atoms with Gasteiger partial charge < -0.3 is 59.1 Å². The minimum Gasteiger partial charge on any atom is -0.480 e. The second kappa shape index (κ2) is 21.2. The molecule has 278 valence electrons. The van der Waals surface area contributed by atoms with E-state index in [1.807, 2.05) is 0 Å². The molecular formula is C29H52N10O10. The molecule has 0 aromatic carbocycles. The van der Waals surface area contributed by atoms with Gasteiger partial charge in [0.1, 0.15) is 36.1 Å². The normalized spacial score (nSPS) is 15.3. The van der Waals surface area contributed by atoms with E-state index in [9.17, 15) is 43.8 Å². The molecule has 0 spiro atoms. The Bertz CT molecular complexity index is 1240. The van der Waals surface area contributed by atoms with Crippen molar-refractivity contribution in [1.29, 1.82) is 0 Å². The number of guanidine groups is 1. The van der Waals surface area contributed by atoms with Crippen molar-refractivity contribution in [1.82, 2.24) is 26.2 Å². The number of carboxylic acids is 2. The first-order valence-corrected chi connectivity index (χ1v) is 15.5. The molecule has 0 heterocycles. The number of likely N-dealkylation sites (N-methyl/N-ethyl adjacent to an activating group) is 1. The summed E-state index contributed by atoms with van der Waals surface area (Å²) < 4.78 is 0. The number of carbonyl (C=O) groups excluding carboxylic acids is 5. The largest absolute Gasteiger partial charge is 0.480 e. The van der Waals surface area contributed by atoms with E-state index in [1.165, 1.54) is 20.9 Å². The molecule has 0 fully saturated rings. The number of aliphatic imine (C=N–C) groups is 1.